The van der Waals surface area contributed by atoms with Gasteiger partial charge in [0.2, 0.25) is 0 Å². The van der Waals surface area contributed by atoms with Crippen molar-refractivity contribution in [2.24, 2.45) is 5.92 Å². The van der Waals surface area contributed by atoms with Crippen LogP contribution in [0.3, 0.4) is 0 Å². The summed E-state index contributed by atoms with van der Waals surface area (Å²) in [6, 6.07) is 34.0. The van der Waals surface area contributed by atoms with E-state index in [-0.39, 0.29) is 0 Å². The zero-order chi connectivity index (χ0) is 22.4. The second kappa shape index (κ2) is 7.90. The van der Waals surface area contributed by atoms with Crippen molar-refractivity contribution in [1.29, 1.82) is 0 Å². The fourth-order valence-electron chi connectivity index (χ4n) is 4.84. The molecule has 1 aliphatic heterocycles. The van der Waals surface area contributed by atoms with Crippen LogP contribution in [0.2, 0.25) is 0 Å². The molecule has 160 valence electrons. The molecule has 0 saturated heterocycles. The lowest BCUT2D eigenvalue weighted by atomic mass is 9.93. The summed E-state index contributed by atoms with van der Waals surface area (Å²) in [5, 5.41) is 1.24. The zero-order valence-electron chi connectivity index (χ0n) is 18.9. The number of pyridine rings is 1. The molecular formula is C31H25NO. The average molecular weight is 428 g/mol. The lowest BCUT2D eigenvalue weighted by Gasteiger charge is -2.14. The second-order valence-corrected chi connectivity index (χ2v) is 9.14. The van der Waals surface area contributed by atoms with Crippen molar-refractivity contribution in [1.82, 2.24) is 4.98 Å². The number of nitrogens with zero attached hydrogens (tertiary/aromatic N) is 1. The molecule has 0 radical (unpaired) electrons. The number of para-hydroxylation sites is 2. The Hall–Kier alpha value is -3.91. The van der Waals surface area contributed by atoms with Crippen molar-refractivity contribution < 1.29 is 4.74 Å². The number of fused-ring (bicyclic) bond motifs is 6. The van der Waals surface area contributed by atoms with E-state index in [1.54, 1.807) is 0 Å². The maximum atomic E-state index is 6.50. The highest BCUT2D eigenvalue weighted by Crippen LogP contribution is 2.47. The van der Waals surface area contributed by atoms with Crippen LogP contribution < -0.4 is 4.74 Å². The summed E-state index contributed by atoms with van der Waals surface area (Å²) in [7, 11) is 0. The number of aromatic nitrogens is 1. The van der Waals surface area contributed by atoms with Crippen LogP contribution in [-0.4, -0.2) is 4.98 Å². The van der Waals surface area contributed by atoms with Gasteiger partial charge in [-0.3, -0.25) is 0 Å². The van der Waals surface area contributed by atoms with E-state index in [0.717, 1.165) is 45.8 Å². The predicted octanol–water partition coefficient (Wildman–Crippen LogP) is 8.54. The number of ether oxygens (including phenoxy) is 1. The molecule has 0 N–H and O–H groups in total. The Bertz CT molecular complexity index is 1500. The molecule has 33 heavy (non-hydrogen) atoms. The molecule has 2 heterocycles. The number of hydrogen-bond acceptors (Lipinski definition) is 2. The molecule has 4 aromatic carbocycles. The third-order valence-corrected chi connectivity index (χ3v) is 6.32. The van der Waals surface area contributed by atoms with Crippen LogP contribution in [0, 0.1) is 5.92 Å². The standard InChI is InChI=1S/C31H25NO/c1-20(2)17-22-18-29(32-28-13-7-5-9-23(22)28)21-15-16-27-25-11-4-3-10-24(25)26-12-6-8-14-30(26)33-31(27)19-21/h3-16,18-20H,17H2,1-2H3. The van der Waals surface area contributed by atoms with Gasteiger partial charge < -0.3 is 4.74 Å². The Morgan fingerprint density at radius 3 is 2.12 bits per heavy atom. The van der Waals surface area contributed by atoms with Gasteiger partial charge in [0.05, 0.1) is 11.2 Å². The third-order valence-electron chi connectivity index (χ3n) is 6.32. The van der Waals surface area contributed by atoms with E-state index in [1.807, 2.05) is 12.1 Å². The first kappa shape index (κ1) is 19.8. The third kappa shape index (κ3) is 3.48. The lowest BCUT2D eigenvalue weighted by molar-refractivity contribution is 0.488. The highest BCUT2D eigenvalue weighted by atomic mass is 16.5. The molecule has 2 nitrogen and oxygen atoms in total. The summed E-state index contributed by atoms with van der Waals surface area (Å²) in [5.41, 5.74) is 9.05. The van der Waals surface area contributed by atoms with E-state index in [2.05, 4.69) is 98.8 Å². The van der Waals surface area contributed by atoms with E-state index < -0.39 is 0 Å². The van der Waals surface area contributed by atoms with Gasteiger partial charge in [-0.1, -0.05) is 80.6 Å². The van der Waals surface area contributed by atoms with Gasteiger partial charge in [-0.15, -0.1) is 0 Å². The minimum Gasteiger partial charge on any atom is -0.456 e. The molecule has 0 atom stereocenters. The molecule has 5 aromatic rings. The summed E-state index contributed by atoms with van der Waals surface area (Å²) >= 11 is 0. The smallest absolute Gasteiger partial charge is 0.135 e. The molecule has 0 aliphatic carbocycles. The first-order valence-electron chi connectivity index (χ1n) is 11.6. The number of hydrogen-bond donors (Lipinski definition) is 0. The first-order valence-corrected chi connectivity index (χ1v) is 11.6. The Morgan fingerprint density at radius 2 is 1.33 bits per heavy atom. The van der Waals surface area contributed by atoms with Crippen LogP contribution in [0.15, 0.2) is 97.1 Å². The van der Waals surface area contributed by atoms with E-state index in [0.29, 0.717) is 5.92 Å². The molecular weight excluding hydrogens is 402 g/mol. The number of benzene rings is 4. The maximum absolute atomic E-state index is 6.50. The number of rotatable bonds is 3. The van der Waals surface area contributed by atoms with Crippen molar-refractivity contribution in [3.8, 4) is 45.0 Å². The zero-order valence-corrected chi connectivity index (χ0v) is 18.9. The van der Waals surface area contributed by atoms with Crippen LogP contribution in [0.25, 0.3) is 44.4 Å². The molecule has 0 saturated carbocycles. The largest absolute Gasteiger partial charge is 0.456 e. The van der Waals surface area contributed by atoms with Crippen molar-refractivity contribution in [3.05, 3.63) is 103 Å². The predicted molar refractivity (Wildman–Crippen MR) is 137 cm³/mol. The monoisotopic (exact) mass is 427 g/mol. The van der Waals surface area contributed by atoms with Crippen LogP contribution >= 0.6 is 0 Å². The van der Waals surface area contributed by atoms with Gasteiger partial charge in [-0.25, -0.2) is 4.98 Å². The molecule has 0 bridgehead atoms. The van der Waals surface area contributed by atoms with Gasteiger partial charge in [-0.2, -0.15) is 0 Å². The van der Waals surface area contributed by atoms with E-state index in [1.165, 1.54) is 22.1 Å². The van der Waals surface area contributed by atoms with Gasteiger partial charge >= 0.3 is 0 Å². The van der Waals surface area contributed by atoms with Crippen molar-refractivity contribution in [2.45, 2.75) is 20.3 Å². The van der Waals surface area contributed by atoms with Crippen molar-refractivity contribution in [3.63, 3.8) is 0 Å². The minimum absolute atomic E-state index is 0.576. The highest BCUT2D eigenvalue weighted by Gasteiger charge is 2.21. The fraction of sp³-hybridized carbons (Fsp3) is 0.129. The van der Waals surface area contributed by atoms with E-state index in [4.69, 9.17) is 9.72 Å². The average Bonchev–Trinajstić information content (AvgIpc) is 2.98. The van der Waals surface area contributed by atoms with Gasteiger partial charge in [0.25, 0.3) is 0 Å². The van der Waals surface area contributed by atoms with Crippen LogP contribution in [0.1, 0.15) is 19.4 Å². The SMILES string of the molecule is CC(C)Cc1cc(-c2ccc3c(c2)Oc2ccccc2-c2ccccc2-3)nc2ccccc12. The highest BCUT2D eigenvalue weighted by molar-refractivity contribution is 5.92. The van der Waals surface area contributed by atoms with Gasteiger partial charge in [-0.05, 0) is 59.4 Å². The van der Waals surface area contributed by atoms with Crippen LogP contribution in [0.4, 0.5) is 0 Å². The Morgan fingerprint density at radius 1 is 0.667 bits per heavy atom. The summed E-state index contributed by atoms with van der Waals surface area (Å²) in [6.45, 7) is 4.53. The van der Waals surface area contributed by atoms with Crippen molar-refractivity contribution >= 4 is 10.9 Å². The molecule has 0 fully saturated rings. The van der Waals surface area contributed by atoms with Crippen LogP contribution in [0.5, 0.6) is 11.5 Å². The molecule has 0 spiro atoms. The quantitative estimate of drug-likeness (QED) is 0.282. The van der Waals surface area contributed by atoms with E-state index in [9.17, 15) is 0 Å². The Labute approximate surface area is 194 Å². The fourth-order valence-corrected chi connectivity index (χ4v) is 4.84. The Balaban J connectivity index is 1.54. The Kier molecular flexibility index (Phi) is 4.73. The first-order chi connectivity index (χ1) is 16.2. The van der Waals surface area contributed by atoms with Gasteiger partial charge in [0.1, 0.15) is 11.5 Å². The minimum atomic E-state index is 0.576. The molecule has 0 unspecified atom stereocenters. The summed E-state index contributed by atoms with van der Waals surface area (Å²) < 4.78 is 6.50. The summed E-state index contributed by atoms with van der Waals surface area (Å²) in [6.07, 6.45) is 1.03. The van der Waals surface area contributed by atoms with Crippen LogP contribution in [-0.2, 0) is 6.42 Å². The molecule has 6 rings (SSSR count). The normalized spacial score (nSPS) is 12.0. The second-order valence-electron chi connectivity index (χ2n) is 9.14. The van der Waals surface area contributed by atoms with E-state index >= 15 is 0 Å². The lowest BCUT2D eigenvalue weighted by Crippen LogP contribution is -1.98. The summed E-state index contributed by atoms with van der Waals surface area (Å²) in [4.78, 5) is 5.02. The summed E-state index contributed by atoms with van der Waals surface area (Å²) in [5.74, 6) is 2.32. The molecule has 1 aromatic heterocycles. The van der Waals surface area contributed by atoms with Gasteiger partial charge in [0, 0.05) is 22.1 Å². The molecule has 1 aliphatic rings. The van der Waals surface area contributed by atoms with Crippen molar-refractivity contribution in [2.75, 3.05) is 0 Å². The maximum Gasteiger partial charge on any atom is 0.135 e. The molecule has 0 amide bonds. The molecule has 2 heteroatoms. The van der Waals surface area contributed by atoms with Gasteiger partial charge in [0.15, 0.2) is 0 Å². The topological polar surface area (TPSA) is 22.1 Å².